The van der Waals surface area contributed by atoms with Gasteiger partial charge in [-0.05, 0) is 38.5 Å². The van der Waals surface area contributed by atoms with Gasteiger partial charge in [0.25, 0.3) is 0 Å². The zero-order chi connectivity index (χ0) is 16.5. The molecule has 0 aliphatic carbocycles. The van der Waals surface area contributed by atoms with E-state index in [2.05, 4.69) is 5.10 Å². The molecule has 1 heterocycles. The summed E-state index contributed by atoms with van der Waals surface area (Å²) in [5, 5.41) is 3.99. The number of nitrogens with zero attached hydrogens (tertiary/aromatic N) is 2. The number of aryl methyl sites for hydroxylation is 3. The molecule has 22 heavy (non-hydrogen) atoms. The lowest BCUT2D eigenvalue weighted by molar-refractivity contribution is 0.338. The fourth-order valence-corrected chi connectivity index (χ4v) is 3.71. The van der Waals surface area contributed by atoms with Gasteiger partial charge in [0, 0.05) is 13.1 Å². The van der Waals surface area contributed by atoms with Gasteiger partial charge in [0.05, 0.1) is 12.3 Å². The van der Waals surface area contributed by atoms with Crippen LogP contribution >= 0.6 is 11.6 Å². The lowest BCUT2D eigenvalue weighted by Crippen LogP contribution is -2.11. The van der Waals surface area contributed by atoms with E-state index in [0.717, 1.165) is 5.56 Å². The van der Waals surface area contributed by atoms with Gasteiger partial charge in [-0.25, -0.2) is 0 Å². The average Bonchev–Trinajstić information content (AvgIpc) is 2.62. The van der Waals surface area contributed by atoms with Crippen LogP contribution in [0.4, 0.5) is 0 Å². The average molecular weight is 345 g/mol. The third kappa shape index (κ3) is 3.36. The molecule has 0 aliphatic rings. The van der Waals surface area contributed by atoms with Crippen LogP contribution in [0.15, 0.2) is 23.1 Å². The van der Waals surface area contributed by atoms with E-state index < -0.39 is 10.1 Å². The lowest BCUT2D eigenvalue weighted by atomic mass is 10.2. The highest BCUT2D eigenvalue weighted by Gasteiger charge is 2.27. The maximum atomic E-state index is 12.4. The second kappa shape index (κ2) is 6.18. The monoisotopic (exact) mass is 344 g/mol. The first-order valence-corrected chi connectivity index (χ1v) is 8.41. The van der Waals surface area contributed by atoms with Gasteiger partial charge in [-0.2, -0.15) is 13.5 Å². The van der Waals surface area contributed by atoms with Crippen LogP contribution in [0, 0.1) is 13.8 Å². The standard InChI is InChI=1S/C14H17ClN2O4S/c1-5-20-11-6-9(2)7-12(8-11)21-22(18,19)13-10(3)16-17(4)14(13)15/h6-8H,5H2,1-4H3. The lowest BCUT2D eigenvalue weighted by Gasteiger charge is -2.10. The minimum Gasteiger partial charge on any atom is -0.494 e. The number of hydrogen-bond donors (Lipinski definition) is 0. The Labute approximate surface area is 134 Å². The molecule has 0 saturated heterocycles. The Kier molecular flexibility index (Phi) is 4.67. The summed E-state index contributed by atoms with van der Waals surface area (Å²) < 4.78 is 36.7. The largest absolute Gasteiger partial charge is 0.494 e. The van der Waals surface area contributed by atoms with Crippen molar-refractivity contribution in [3.63, 3.8) is 0 Å². The maximum absolute atomic E-state index is 12.4. The van der Waals surface area contributed by atoms with Gasteiger partial charge in [0.2, 0.25) is 0 Å². The number of benzene rings is 1. The molecule has 0 unspecified atom stereocenters. The van der Waals surface area contributed by atoms with E-state index in [-0.39, 0.29) is 21.5 Å². The van der Waals surface area contributed by atoms with Gasteiger partial charge in [-0.1, -0.05) is 11.6 Å². The minimum absolute atomic E-state index is 0.00943. The van der Waals surface area contributed by atoms with Crippen molar-refractivity contribution in [1.82, 2.24) is 9.78 Å². The van der Waals surface area contributed by atoms with Crippen LogP contribution in [0.1, 0.15) is 18.2 Å². The first kappa shape index (κ1) is 16.6. The third-order valence-corrected chi connectivity index (χ3v) is 4.84. The maximum Gasteiger partial charge on any atom is 0.344 e. The molecule has 2 aromatic rings. The van der Waals surface area contributed by atoms with Crippen LogP contribution in [0.5, 0.6) is 11.5 Å². The van der Waals surface area contributed by atoms with E-state index in [0.29, 0.717) is 12.4 Å². The molecule has 0 amide bonds. The van der Waals surface area contributed by atoms with Crippen molar-refractivity contribution in [3.8, 4) is 11.5 Å². The van der Waals surface area contributed by atoms with Gasteiger partial charge in [-0.3, -0.25) is 4.68 Å². The molecule has 0 atom stereocenters. The van der Waals surface area contributed by atoms with Gasteiger partial charge in [-0.15, -0.1) is 0 Å². The van der Waals surface area contributed by atoms with E-state index in [9.17, 15) is 8.42 Å². The van der Waals surface area contributed by atoms with Gasteiger partial charge < -0.3 is 8.92 Å². The number of halogens is 1. The molecule has 1 aromatic carbocycles. The molecular weight excluding hydrogens is 328 g/mol. The van der Waals surface area contributed by atoms with Crippen molar-refractivity contribution < 1.29 is 17.3 Å². The number of ether oxygens (including phenoxy) is 1. The van der Waals surface area contributed by atoms with Crippen molar-refractivity contribution in [2.75, 3.05) is 6.61 Å². The highest BCUT2D eigenvalue weighted by atomic mass is 35.5. The fraction of sp³-hybridized carbons (Fsp3) is 0.357. The fourth-order valence-electron chi connectivity index (χ4n) is 2.08. The molecule has 0 fully saturated rings. The Bertz CT molecular complexity index is 799. The minimum atomic E-state index is -4.07. The van der Waals surface area contributed by atoms with Crippen molar-refractivity contribution in [2.45, 2.75) is 25.7 Å². The molecule has 0 aliphatic heterocycles. The van der Waals surface area contributed by atoms with Crippen LogP contribution in [-0.2, 0) is 17.2 Å². The van der Waals surface area contributed by atoms with Crippen LogP contribution in [0.3, 0.4) is 0 Å². The second-order valence-electron chi connectivity index (χ2n) is 4.78. The summed E-state index contributed by atoms with van der Waals surface area (Å²) in [7, 11) is -2.51. The summed E-state index contributed by atoms with van der Waals surface area (Å²) in [5.74, 6) is 0.712. The molecule has 0 radical (unpaired) electrons. The summed E-state index contributed by atoms with van der Waals surface area (Å²) in [5.41, 5.74) is 1.11. The Morgan fingerprint density at radius 2 is 1.86 bits per heavy atom. The topological polar surface area (TPSA) is 70.4 Å². The molecule has 0 N–H and O–H groups in total. The number of rotatable bonds is 5. The molecule has 2 rings (SSSR count). The molecule has 6 nitrogen and oxygen atoms in total. The number of aromatic nitrogens is 2. The van der Waals surface area contributed by atoms with Crippen LogP contribution in [-0.4, -0.2) is 24.8 Å². The summed E-state index contributed by atoms with van der Waals surface area (Å²) in [6.45, 7) is 5.70. The molecule has 8 heteroatoms. The van der Waals surface area contributed by atoms with E-state index in [1.54, 1.807) is 26.1 Å². The first-order chi connectivity index (χ1) is 10.2. The molecular formula is C14H17ClN2O4S. The number of hydrogen-bond acceptors (Lipinski definition) is 5. The Hall–Kier alpha value is -1.73. The molecule has 120 valence electrons. The van der Waals surface area contributed by atoms with Crippen molar-refractivity contribution in [2.24, 2.45) is 7.05 Å². The van der Waals surface area contributed by atoms with E-state index in [4.69, 9.17) is 20.5 Å². The summed E-state index contributed by atoms with van der Waals surface area (Å²) in [4.78, 5) is -0.129. The zero-order valence-electron chi connectivity index (χ0n) is 12.8. The Balaban J connectivity index is 2.41. The van der Waals surface area contributed by atoms with Crippen LogP contribution < -0.4 is 8.92 Å². The molecule has 0 spiro atoms. The van der Waals surface area contributed by atoms with Crippen LogP contribution in [0.2, 0.25) is 5.15 Å². The Morgan fingerprint density at radius 3 is 2.41 bits per heavy atom. The van der Waals surface area contributed by atoms with E-state index in [1.165, 1.54) is 10.7 Å². The van der Waals surface area contributed by atoms with Gasteiger partial charge >= 0.3 is 10.1 Å². The third-order valence-electron chi connectivity index (χ3n) is 2.89. The highest BCUT2D eigenvalue weighted by Crippen LogP contribution is 2.29. The van der Waals surface area contributed by atoms with Crippen molar-refractivity contribution in [1.29, 1.82) is 0 Å². The highest BCUT2D eigenvalue weighted by molar-refractivity contribution is 7.87. The van der Waals surface area contributed by atoms with Crippen LogP contribution in [0.25, 0.3) is 0 Å². The summed E-state index contributed by atoms with van der Waals surface area (Å²) in [6.07, 6.45) is 0. The molecule has 0 saturated carbocycles. The van der Waals surface area contributed by atoms with Gasteiger partial charge in [0.1, 0.15) is 16.7 Å². The predicted octanol–water partition coefficient (Wildman–Crippen LogP) is 2.86. The molecule has 1 aromatic heterocycles. The quantitative estimate of drug-likeness (QED) is 0.780. The zero-order valence-corrected chi connectivity index (χ0v) is 14.3. The second-order valence-corrected chi connectivity index (χ2v) is 6.62. The van der Waals surface area contributed by atoms with E-state index in [1.807, 2.05) is 13.8 Å². The normalized spacial score (nSPS) is 11.5. The van der Waals surface area contributed by atoms with Crippen molar-refractivity contribution in [3.05, 3.63) is 34.6 Å². The predicted molar refractivity (Wildman–Crippen MR) is 83.1 cm³/mol. The SMILES string of the molecule is CCOc1cc(C)cc(OS(=O)(=O)c2c(C)nn(C)c2Cl)c1. The molecule has 0 bridgehead atoms. The van der Waals surface area contributed by atoms with Gasteiger partial charge in [0.15, 0.2) is 4.90 Å². The van der Waals surface area contributed by atoms with E-state index >= 15 is 0 Å². The summed E-state index contributed by atoms with van der Waals surface area (Å²) >= 11 is 5.99. The summed E-state index contributed by atoms with van der Waals surface area (Å²) in [6, 6.07) is 4.93. The first-order valence-electron chi connectivity index (χ1n) is 6.62. The smallest absolute Gasteiger partial charge is 0.344 e. The Morgan fingerprint density at radius 1 is 1.23 bits per heavy atom. The van der Waals surface area contributed by atoms with Crippen molar-refractivity contribution >= 4 is 21.7 Å².